The Morgan fingerprint density at radius 1 is 0.923 bits per heavy atom. The standard InChI is InChI=1S/C22H26N2O2/c1-17(25)26-18(15-23-13-7-2-8-14-23)16-24-21-11-5-3-9-19(21)20-10-4-6-12-22(20)24/h3-6,9-12,18H,2,7-8,13-16H2,1H3. The number of fused-ring (bicyclic) bond motifs is 3. The van der Waals surface area contributed by atoms with Gasteiger partial charge in [-0.05, 0) is 38.1 Å². The molecule has 0 saturated carbocycles. The molecule has 1 unspecified atom stereocenters. The Morgan fingerprint density at radius 3 is 2.08 bits per heavy atom. The lowest BCUT2D eigenvalue weighted by atomic mass is 10.1. The quantitative estimate of drug-likeness (QED) is 0.647. The monoisotopic (exact) mass is 350 g/mol. The van der Waals surface area contributed by atoms with Crippen LogP contribution in [0.4, 0.5) is 0 Å². The third kappa shape index (κ3) is 3.47. The van der Waals surface area contributed by atoms with Crippen molar-refractivity contribution in [1.82, 2.24) is 9.47 Å². The van der Waals surface area contributed by atoms with Crippen molar-refractivity contribution in [3.8, 4) is 0 Å². The summed E-state index contributed by atoms with van der Waals surface area (Å²) in [6.07, 6.45) is 3.65. The van der Waals surface area contributed by atoms with E-state index in [0.29, 0.717) is 6.54 Å². The minimum atomic E-state index is -0.201. The van der Waals surface area contributed by atoms with Crippen molar-refractivity contribution < 1.29 is 9.53 Å². The van der Waals surface area contributed by atoms with Crippen LogP contribution in [0.2, 0.25) is 0 Å². The average Bonchev–Trinajstić information content (AvgIpc) is 2.96. The van der Waals surface area contributed by atoms with E-state index in [9.17, 15) is 4.79 Å². The van der Waals surface area contributed by atoms with Crippen molar-refractivity contribution in [3.63, 3.8) is 0 Å². The summed E-state index contributed by atoms with van der Waals surface area (Å²) in [4.78, 5) is 14.1. The Balaban J connectivity index is 1.68. The van der Waals surface area contributed by atoms with E-state index in [1.54, 1.807) is 0 Å². The highest BCUT2D eigenvalue weighted by Crippen LogP contribution is 2.29. The first kappa shape index (κ1) is 17.1. The van der Waals surface area contributed by atoms with Crippen LogP contribution in [0, 0.1) is 0 Å². The first-order valence-corrected chi connectivity index (χ1v) is 9.58. The van der Waals surface area contributed by atoms with Gasteiger partial charge in [0.05, 0.1) is 6.54 Å². The smallest absolute Gasteiger partial charge is 0.303 e. The number of piperidine rings is 1. The average molecular weight is 350 g/mol. The molecule has 26 heavy (non-hydrogen) atoms. The van der Waals surface area contributed by atoms with Gasteiger partial charge in [-0.2, -0.15) is 0 Å². The molecule has 0 aliphatic carbocycles. The topological polar surface area (TPSA) is 34.5 Å². The summed E-state index contributed by atoms with van der Waals surface area (Å²) in [6.45, 7) is 5.20. The Hall–Kier alpha value is -2.33. The Labute approximate surface area is 154 Å². The van der Waals surface area contributed by atoms with E-state index in [2.05, 4.69) is 58.0 Å². The molecule has 1 aliphatic rings. The predicted octanol–water partition coefficient (Wildman–Crippen LogP) is 4.21. The minimum absolute atomic E-state index is 0.134. The lowest BCUT2D eigenvalue weighted by molar-refractivity contribution is -0.148. The van der Waals surface area contributed by atoms with Crippen LogP contribution in [0.5, 0.6) is 0 Å². The molecule has 2 aromatic carbocycles. The van der Waals surface area contributed by atoms with Gasteiger partial charge in [0.2, 0.25) is 0 Å². The molecular formula is C22H26N2O2. The summed E-state index contributed by atoms with van der Waals surface area (Å²) >= 11 is 0. The number of aromatic nitrogens is 1. The molecule has 0 bridgehead atoms. The molecule has 1 saturated heterocycles. The fourth-order valence-corrected chi connectivity index (χ4v) is 4.20. The SMILES string of the molecule is CC(=O)OC(CN1CCCCC1)Cn1c2ccccc2c2ccccc21. The van der Waals surface area contributed by atoms with Crippen LogP contribution in [-0.4, -0.2) is 41.2 Å². The van der Waals surface area contributed by atoms with Crippen LogP contribution in [-0.2, 0) is 16.1 Å². The number of para-hydroxylation sites is 2. The molecule has 0 radical (unpaired) electrons. The molecule has 0 N–H and O–H groups in total. The van der Waals surface area contributed by atoms with E-state index in [-0.39, 0.29) is 12.1 Å². The third-order valence-corrected chi connectivity index (χ3v) is 5.31. The molecule has 4 heteroatoms. The van der Waals surface area contributed by atoms with Gasteiger partial charge in [-0.1, -0.05) is 42.8 Å². The predicted molar refractivity (Wildman–Crippen MR) is 105 cm³/mol. The van der Waals surface area contributed by atoms with E-state index < -0.39 is 0 Å². The van der Waals surface area contributed by atoms with E-state index >= 15 is 0 Å². The molecule has 136 valence electrons. The number of hydrogen-bond acceptors (Lipinski definition) is 3. The Bertz CT molecular complexity index is 856. The maximum Gasteiger partial charge on any atom is 0.303 e. The van der Waals surface area contributed by atoms with Gasteiger partial charge in [-0.25, -0.2) is 0 Å². The number of ether oxygens (including phenoxy) is 1. The number of rotatable bonds is 5. The van der Waals surface area contributed by atoms with Crippen LogP contribution >= 0.6 is 0 Å². The summed E-state index contributed by atoms with van der Waals surface area (Å²) in [6, 6.07) is 16.9. The number of esters is 1. The molecule has 1 aliphatic heterocycles. The third-order valence-electron chi connectivity index (χ3n) is 5.31. The lowest BCUT2D eigenvalue weighted by Crippen LogP contribution is -2.40. The highest BCUT2D eigenvalue weighted by molar-refractivity contribution is 6.07. The molecular weight excluding hydrogens is 324 g/mol. The van der Waals surface area contributed by atoms with E-state index in [1.807, 2.05) is 0 Å². The van der Waals surface area contributed by atoms with Crippen LogP contribution in [0.25, 0.3) is 21.8 Å². The lowest BCUT2D eigenvalue weighted by Gasteiger charge is -2.30. The van der Waals surface area contributed by atoms with Gasteiger partial charge >= 0.3 is 5.97 Å². The molecule has 4 nitrogen and oxygen atoms in total. The molecule has 4 rings (SSSR count). The minimum Gasteiger partial charge on any atom is -0.459 e. The molecule has 1 aromatic heterocycles. The number of carbonyl (C=O) groups excluding carboxylic acids is 1. The van der Waals surface area contributed by atoms with Crippen LogP contribution in [0.3, 0.4) is 0 Å². The van der Waals surface area contributed by atoms with Crippen molar-refractivity contribution in [1.29, 1.82) is 0 Å². The summed E-state index contributed by atoms with van der Waals surface area (Å²) in [5, 5.41) is 2.50. The zero-order valence-electron chi connectivity index (χ0n) is 15.4. The van der Waals surface area contributed by atoms with Crippen molar-refractivity contribution in [2.45, 2.75) is 38.8 Å². The van der Waals surface area contributed by atoms with Crippen molar-refractivity contribution >= 4 is 27.8 Å². The van der Waals surface area contributed by atoms with Crippen LogP contribution in [0.15, 0.2) is 48.5 Å². The van der Waals surface area contributed by atoms with Gasteiger partial charge in [0, 0.05) is 35.3 Å². The molecule has 2 heterocycles. The maximum absolute atomic E-state index is 11.7. The number of hydrogen-bond donors (Lipinski definition) is 0. The Morgan fingerprint density at radius 2 is 1.50 bits per heavy atom. The first-order valence-electron chi connectivity index (χ1n) is 9.58. The van der Waals surface area contributed by atoms with Crippen LogP contribution in [0.1, 0.15) is 26.2 Å². The number of carbonyl (C=O) groups is 1. The van der Waals surface area contributed by atoms with Crippen molar-refractivity contribution in [2.24, 2.45) is 0 Å². The van der Waals surface area contributed by atoms with E-state index in [4.69, 9.17) is 4.74 Å². The van der Waals surface area contributed by atoms with Gasteiger partial charge in [0.15, 0.2) is 0 Å². The summed E-state index contributed by atoms with van der Waals surface area (Å²) in [5.41, 5.74) is 2.40. The highest BCUT2D eigenvalue weighted by atomic mass is 16.5. The zero-order chi connectivity index (χ0) is 17.9. The van der Waals surface area contributed by atoms with E-state index in [1.165, 1.54) is 48.0 Å². The second-order valence-electron chi connectivity index (χ2n) is 7.24. The first-order chi connectivity index (χ1) is 12.7. The molecule has 0 amide bonds. The molecule has 3 aromatic rings. The van der Waals surface area contributed by atoms with Crippen LogP contribution < -0.4 is 0 Å². The number of nitrogens with zero attached hydrogens (tertiary/aromatic N) is 2. The highest BCUT2D eigenvalue weighted by Gasteiger charge is 2.21. The van der Waals surface area contributed by atoms with Gasteiger partial charge in [0.25, 0.3) is 0 Å². The Kier molecular flexibility index (Phi) is 4.93. The molecule has 1 atom stereocenters. The zero-order valence-corrected chi connectivity index (χ0v) is 15.4. The van der Waals surface area contributed by atoms with E-state index in [0.717, 1.165) is 19.6 Å². The number of likely N-dealkylation sites (tertiary alicyclic amines) is 1. The van der Waals surface area contributed by atoms with Gasteiger partial charge < -0.3 is 9.30 Å². The van der Waals surface area contributed by atoms with Gasteiger partial charge in [-0.15, -0.1) is 0 Å². The maximum atomic E-state index is 11.7. The van der Waals surface area contributed by atoms with Crippen molar-refractivity contribution in [2.75, 3.05) is 19.6 Å². The largest absolute Gasteiger partial charge is 0.459 e. The second kappa shape index (κ2) is 7.50. The second-order valence-corrected chi connectivity index (χ2v) is 7.24. The molecule has 1 fully saturated rings. The number of benzene rings is 2. The fraction of sp³-hybridized carbons (Fsp3) is 0.409. The normalized spacial score (nSPS) is 16.8. The van der Waals surface area contributed by atoms with Crippen molar-refractivity contribution in [3.05, 3.63) is 48.5 Å². The fourth-order valence-electron chi connectivity index (χ4n) is 4.20. The van der Waals surface area contributed by atoms with Gasteiger partial charge in [-0.3, -0.25) is 9.69 Å². The summed E-state index contributed by atoms with van der Waals surface area (Å²) in [5.74, 6) is -0.201. The summed E-state index contributed by atoms with van der Waals surface area (Å²) < 4.78 is 8.03. The summed E-state index contributed by atoms with van der Waals surface area (Å²) in [7, 11) is 0. The molecule has 0 spiro atoms. The van der Waals surface area contributed by atoms with Gasteiger partial charge in [0.1, 0.15) is 6.10 Å².